The molecule has 0 aliphatic carbocycles. The molecule has 9 nitrogen and oxygen atoms in total. The Kier molecular flexibility index (Phi) is 19.7. The Bertz CT molecular complexity index is 177. The summed E-state index contributed by atoms with van der Waals surface area (Å²) in [7, 11) is 0. The quantitative estimate of drug-likeness (QED) is 0.423. The molecule has 0 bridgehead atoms. The van der Waals surface area contributed by atoms with Gasteiger partial charge in [0.05, 0.1) is 23.9 Å². The van der Waals surface area contributed by atoms with Crippen LogP contribution >= 0.6 is 0 Å². The molecule has 4 N–H and O–H groups in total. The number of rotatable bonds is 0. The van der Waals surface area contributed by atoms with Crippen LogP contribution in [0.25, 0.3) is 0 Å². The maximum absolute atomic E-state index is 8.93. The van der Waals surface area contributed by atoms with Gasteiger partial charge in [0.15, 0.2) is 0 Å². The first-order chi connectivity index (χ1) is 5.29. The van der Waals surface area contributed by atoms with Gasteiger partial charge in [0, 0.05) is 0 Å². The largest absolute Gasteiger partial charge is 3.00 e. The van der Waals surface area contributed by atoms with Crippen LogP contribution in [-0.2, 0) is 51.9 Å². The molecule has 0 radical (unpaired) electrons. The molecular weight excluding hydrogens is 279 g/mol. The minimum Gasteiger partial charge on any atom is -0.543 e. The van der Waals surface area contributed by atoms with Crippen molar-refractivity contribution in [2.75, 3.05) is 0 Å². The van der Waals surface area contributed by atoms with Crippen molar-refractivity contribution in [1.82, 2.24) is 6.15 Å². The number of hydrogen-bond donors (Lipinski definition) is 1. The third-order valence-electron chi connectivity index (χ3n) is 0.333. The van der Waals surface area contributed by atoms with Crippen molar-refractivity contribution in [1.29, 1.82) is 0 Å². The molecule has 14 heavy (non-hydrogen) atoms. The van der Waals surface area contributed by atoms with E-state index in [0.29, 0.717) is 0 Å². The number of carbonyl (C=O) groups is 4. The van der Waals surface area contributed by atoms with E-state index in [2.05, 4.69) is 0 Å². The van der Waals surface area contributed by atoms with E-state index in [0.717, 1.165) is 0 Å². The summed E-state index contributed by atoms with van der Waals surface area (Å²) in [4.78, 5) is 35.7. The fraction of sp³-hybridized carbons (Fsp3) is 0. The summed E-state index contributed by atoms with van der Waals surface area (Å²) in [5, 5.41) is 35.7. The van der Waals surface area contributed by atoms with Gasteiger partial charge >= 0.3 is 32.7 Å². The molecule has 0 aliphatic rings. The smallest absolute Gasteiger partial charge is 0.543 e. The van der Waals surface area contributed by atoms with Crippen LogP contribution in [0.3, 0.4) is 0 Å². The maximum Gasteiger partial charge on any atom is 3.00 e. The number of hydrogen-bond acceptors (Lipinski definition) is 8. The molecule has 0 amide bonds. The van der Waals surface area contributed by atoms with Crippen LogP contribution in [0.2, 0.25) is 0 Å². The zero-order valence-corrected chi connectivity index (χ0v) is 9.68. The van der Waals surface area contributed by atoms with Crippen molar-refractivity contribution in [3.05, 3.63) is 0 Å². The van der Waals surface area contributed by atoms with Crippen molar-refractivity contribution in [3.63, 3.8) is 0 Å². The monoisotopic (exact) mass is 283 g/mol. The van der Waals surface area contributed by atoms with Gasteiger partial charge < -0.3 is 45.8 Å². The van der Waals surface area contributed by atoms with Crippen molar-refractivity contribution in [2.24, 2.45) is 0 Å². The first-order valence-corrected chi connectivity index (χ1v) is 2.13. The molecule has 76 valence electrons. The Morgan fingerprint density at radius 3 is 0.643 bits per heavy atom. The van der Waals surface area contributed by atoms with Gasteiger partial charge in [0.1, 0.15) is 0 Å². The number of quaternary nitrogens is 1. The van der Waals surface area contributed by atoms with Crippen LogP contribution in [0.5, 0.6) is 0 Å². The van der Waals surface area contributed by atoms with Gasteiger partial charge in [-0.05, 0) is 0 Å². The van der Waals surface area contributed by atoms with Gasteiger partial charge in [-0.3, -0.25) is 0 Å². The van der Waals surface area contributed by atoms with Gasteiger partial charge in [-0.2, -0.15) is 0 Å². The van der Waals surface area contributed by atoms with E-state index in [1.54, 1.807) is 0 Å². The number of aliphatic carboxylic acids is 4. The second-order valence-corrected chi connectivity index (χ2v) is 1.15. The SMILES string of the molecule is O=C([O-])C(=O)[O-].O=C([O-])C(=O)[O-].[NH4+].[Y+3]. The van der Waals surface area contributed by atoms with E-state index in [1.807, 2.05) is 0 Å². The van der Waals surface area contributed by atoms with E-state index in [4.69, 9.17) is 39.6 Å². The predicted octanol–water partition coefficient (Wildman–Crippen LogP) is -6.65. The number of carboxylic acids is 4. The summed E-state index contributed by atoms with van der Waals surface area (Å²) >= 11 is 0. The summed E-state index contributed by atoms with van der Waals surface area (Å²) in [6.07, 6.45) is 0. The Morgan fingerprint density at radius 2 is 0.643 bits per heavy atom. The third-order valence-corrected chi connectivity index (χ3v) is 0.333. The van der Waals surface area contributed by atoms with Crippen LogP contribution in [-0.4, -0.2) is 23.9 Å². The molecule has 0 aliphatic heterocycles. The zero-order chi connectivity index (χ0) is 10.3. The fourth-order valence-electron chi connectivity index (χ4n) is 0. The molecular formula is C4H4NO8Y. The van der Waals surface area contributed by atoms with Crippen molar-refractivity contribution >= 4 is 23.9 Å². The second kappa shape index (κ2) is 11.9. The zero-order valence-electron chi connectivity index (χ0n) is 6.84. The topological polar surface area (TPSA) is 197 Å². The summed E-state index contributed by atoms with van der Waals surface area (Å²) in [5.74, 6) is -8.74. The third kappa shape index (κ3) is 22.4. The van der Waals surface area contributed by atoms with E-state index in [-0.39, 0.29) is 38.9 Å². The first kappa shape index (κ1) is 23.1. The van der Waals surface area contributed by atoms with Gasteiger partial charge in [-0.15, -0.1) is 0 Å². The van der Waals surface area contributed by atoms with Crippen LogP contribution in [0.4, 0.5) is 0 Å². The van der Waals surface area contributed by atoms with Crippen molar-refractivity contribution in [3.8, 4) is 0 Å². The molecule has 0 heterocycles. The van der Waals surface area contributed by atoms with E-state index in [9.17, 15) is 0 Å². The normalized spacial score (nSPS) is 6.29. The molecule has 0 saturated carbocycles. The Labute approximate surface area is 102 Å². The average Bonchev–Trinajstić information content (AvgIpc) is 1.88. The van der Waals surface area contributed by atoms with Crippen LogP contribution in [0.15, 0.2) is 0 Å². The summed E-state index contributed by atoms with van der Waals surface area (Å²) in [6.45, 7) is 0. The molecule has 10 heteroatoms. The molecule has 0 atom stereocenters. The molecule has 0 aromatic carbocycles. The second-order valence-electron chi connectivity index (χ2n) is 1.15. The summed E-state index contributed by atoms with van der Waals surface area (Å²) in [5.41, 5.74) is 0. The molecule has 0 aromatic rings. The summed E-state index contributed by atoms with van der Waals surface area (Å²) in [6, 6.07) is 0. The van der Waals surface area contributed by atoms with Gasteiger partial charge in [-0.1, -0.05) is 0 Å². The van der Waals surface area contributed by atoms with Crippen LogP contribution in [0, 0.1) is 0 Å². The predicted molar refractivity (Wildman–Crippen MR) is 26.0 cm³/mol. The van der Waals surface area contributed by atoms with E-state index in [1.165, 1.54) is 0 Å². The van der Waals surface area contributed by atoms with Gasteiger partial charge in [-0.25, -0.2) is 0 Å². The number of carboxylic acid groups (broad SMARTS) is 4. The minimum absolute atomic E-state index is 0. The Balaban J connectivity index is -0.0000000625. The standard InChI is InChI=1S/2C2H2O4.H3N.Y/c2*3-1(4)2(5)6;;/h2*(H,3,4)(H,5,6);1H3;/q;;;+3/p-3. The number of carbonyl (C=O) groups excluding carboxylic acids is 4. The molecule has 0 unspecified atom stereocenters. The fourth-order valence-corrected chi connectivity index (χ4v) is 0. The summed E-state index contributed by atoms with van der Waals surface area (Å²) < 4.78 is 0. The first-order valence-electron chi connectivity index (χ1n) is 2.13. The minimum atomic E-state index is -2.19. The van der Waals surface area contributed by atoms with E-state index >= 15 is 0 Å². The van der Waals surface area contributed by atoms with E-state index < -0.39 is 23.9 Å². The van der Waals surface area contributed by atoms with Crippen molar-refractivity contribution in [2.45, 2.75) is 0 Å². The molecule has 0 aromatic heterocycles. The van der Waals surface area contributed by atoms with Gasteiger partial charge in [0.2, 0.25) is 0 Å². The van der Waals surface area contributed by atoms with Crippen LogP contribution < -0.4 is 26.6 Å². The molecule has 0 rings (SSSR count). The Morgan fingerprint density at radius 1 is 0.571 bits per heavy atom. The molecule has 0 spiro atoms. The Hall–Kier alpha value is -1.06. The molecule has 0 fully saturated rings. The van der Waals surface area contributed by atoms with Crippen molar-refractivity contribution < 1.29 is 72.3 Å². The van der Waals surface area contributed by atoms with Gasteiger partial charge in [0.25, 0.3) is 0 Å². The van der Waals surface area contributed by atoms with Crippen LogP contribution in [0.1, 0.15) is 0 Å². The maximum atomic E-state index is 8.93. The average molecular weight is 283 g/mol. The molecule has 0 saturated heterocycles.